The quantitative estimate of drug-likeness (QED) is 0.796. The van der Waals surface area contributed by atoms with E-state index in [4.69, 9.17) is 23.2 Å². The molecule has 18 heavy (non-hydrogen) atoms. The molecule has 1 aromatic carbocycles. The van der Waals surface area contributed by atoms with Crippen molar-refractivity contribution in [2.45, 2.75) is 20.3 Å². The van der Waals surface area contributed by atoms with Crippen molar-refractivity contribution in [3.8, 4) is 0 Å². The molecule has 5 heteroatoms. The number of anilines is 1. The summed E-state index contributed by atoms with van der Waals surface area (Å²) in [4.78, 5) is 25.3. The lowest BCUT2D eigenvalue weighted by Crippen LogP contribution is -2.33. The van der Waals surface area contributed by atoms with Crippen LogP contribution in [0.15, 0.2) is 12.1 Å². The van der Waals surface area contributed by atoms with Gasteiger partial charge in [0.2, 0.25) is 0 Å². The van der Waals surface area contributed by atoms with Gasteiger partial charge in [0, 0.05) is 6.54 Å². The van der Waals surface area contributed by atoms with E-state index in [-0.39, 0.29) is 10.6 Å². The van der Waals surface area contributed by atoms with Gasteiger partial charge in [0.15, 0.2) is 0 Å². The molecule has 96 valence electrons. The predicted octanol–water partition coefficient (Wildman–Crippen LogP) is 3.57. The fourth-order valence-electron chi connectivity index (χ4n) is 1.97. The third-order valence-corrected chi connectivity index (χ3v) is 3.83. The third-order valence-electron chi connectivity index (χ3n) is 3.21. The van der Waals surface area contributed by atoms with E-state index in [1.54, 1.807) is 12.1 Å². The zero-order valence-corrected chi connectivity index (χ0v) is 11.7. The minimum Gasteiger partial charge on any atom is -0.303 e. The second-order valence-corrected chi connectivity index (χ2v) is 5.33. The molecule has 1 aliphatic rings. The second-order valence-electron chi connectivity index (χ2n) is 4.51. The molecule has 0 fully saturated rings. The molecule has 1 atom stereocenters. The smallest absolute Gasteiger partial charge is 0.299 e. The third kappa shape index (κ3) is 2.02. The van der Waals surface area contributed by atoms with Crippen LogP contribution in [0.1, 0.15) is 30.6 Å². The number of carbonyl (C=O) groups is 2. The van der Waals surface area contributed by atoms with Gasteiger partial charge >= 0.3 is 0 Å². The highest BCUT2D eigenvalue weighted by molar-refractivity contribution is 6.56. The summed E-state index contributed by atoms with van der Waals surface area (Å²) in [5.74, 6) is -0.816. The largest absolute Gasteiger partial charge is 0.303 e. The lowest BCUT2D eigenvalue weighted by atomic mass is 10.1. The fraction of sp³-hybridized carbons (Fsp3) is 0.385. The van der Waals surface area contributed by atoms with Gasteiger partial charge in [-0.25, -0.2) is 0 Å². The highest BCUT2D eigenvalue weighted by atomic mass is 35.5. The maximum absolute atomic E-state index is 12.0. The Kier molecular flexibility index (Phi) is 3.64. The molecule has 0 bridgehead atoms. The molecule has 1 unspecified atom stereocenters. The van der Waals surface area contributed by atoms with Crippen LogP contribution in [0, 0.1) is 5.92 Å². The molecule has 1 heterocycles. The molecule has 0 aromatic heterocycles. The van der Waals surface area contributed by atoms with Crippen LogP contribution in [0.5, 0.6) is 0 Å². The maximum atomic E-state index is 12.0. The lowest BCUT2D eigenvalue weighted by Gasteiger charge is -2.21. The number of nitrogens with zero attached hydrogens (tertiary/aromatic N) is 1. The van der Waals surface area contributed by atoms with Crippen LogP contribution in [0.4, 0.5) is 5.69 Å². The molecule has 0 spiro atoms. The van der Waals surface area contributed by atoms with Crippen molar-refractivity contribution >= 4 is 40.6 Å². The van der Waals surface area contributed by atoms with E-state index in [0.717, 1.165) is 6.42 Å². The highest BCUT2D eigenvalue weighted by Crippen LogP contribution is 2.40. The van der Waals surface area contributed by atoms with Gasteiger partial charge in [-0.05, 0) is 18.1 Å². The van der Waals surface area contributed by atoms with Crippen molar-refractivity contribution < 1.29 is 9.59 Å². The lowest BCUT2D eigenvalue weighted by molar-refractivity contribution is -0.114. The molecule has 0 N–H and O–H groups in total. The average Bonchev–Trinajstić information content (AvgIpc) is 2.60. The van der Waals surface area contributed by atoms with E-state index in [0.29, 0.717) is 23.2 Å². The van der Waals surface area contributed by atoms with Crippen LogP contribution in [0.3, 0.4) is 0 Å². The SMILES string of the molecule is CCC(C)CN1C(=O)C(=O)c2c(Cl)ccc(Cl)c21. The maximum Gasteiger partial charge on any atom is 0.299 e. The monoisotopic (exact) mass is 285 g/mol. The van der Waals surface area contributed by atoms with Crippen LogP contribution in [-0.2, 0) is 4.79 Å². The summed E-state index contributed by atoms with van der Waals surface area (Å²) in [6.07, 6.45) is 0.922. The van der Waals surface area contributed by atoms with Crippen LogP contribution in [-0.4, -0.2) is 18.2 Å². The van der Waals surface area contributed by atoms with Gasteiger partial charge in [0.25, 0.3) is 11.7 Å². The summed E-state index contributed by atoms with van der Waals surface area (Å²) in [5.41, 5.74) is 0.692. The van der Waals surface area contributed by atoms with E-state index in [1.165, 1.54) is 4.90 Å². The number of benzene rings is 1. The van der Waals surface area contributed by atoms with Gasteiger partial charge in [-0.3, -0.25) is 9.59 Å². The van der Waals surface area contributed by atoms with Crippen molar-refractivity contribution in [1.82, 2.24) is 0 Å². The first-order valence-corrected chi connectivity index (χ1v) is 6.57. The second kappa shape index (κ2) is 4.90. The first-order chi connectivity index (χ1) is 8.47. The number of amides is 1. The van der Waals surface area contributed by atoms with E-state index < -0.39 is 11.7 Å². The van der Waals surface area contributed by atoms with Crippen LogP contribution < -0.4 is 4.90 Å². The van der Waals surface area contributed by atoms with Crippen molar-refractivity contribution in [3.05, 3.63) is 27.7 Å². The zero-order chi connectivity index (χ0) is 13.4. The Labute approximate surface area is 116 Å². The van der Waals surface area contributed by atoms with Gasteiger partial charge < -0.3 is 4.90 Å². The predicted molar refractivity (Wildman–Crippen MR) is 72.6 cm³/mol. The Morgan fingerprint density at radius 1 is 1.22 bits per heavy atom. The summed E-state index contributed by atoms with van der Waals surface area (Å²) in [7, 11) is 0. The Hall–Kier alpha value is -1.06. The van der Waals surface area contributed by atoms with Crippen molar-refractivity contribution in [1.29, 1.82) is 0 Å². The summed E-state index contributed by atoms with van der Waals surface area (Å²) >= 11 is 12.1. The Morgan fingerprint density at radius 2 is 1.83 bits per heavy atom. The van der Waals surface area contributed by atoms with Crippen LogP contribution in [0.2, 0.25) is 10.0 Å². The van der Waals surface area contributed by atoms with Gasteiger partial charge in [0.05, 0.1) is 21.3 Å². The number of halogens is 2. The van der Waals surface area contributed by atoms with Crippen LogP contribution >= 0.6 is 23.2 Å². The van der Waals surface area contributed by atoms with E-state index in [1.807, 2.05) is 13.8 Å². The summed E-state index contributed by atoms with van der Waals surface area (Å²) in [5, 5.41) is 0.663. The molecule has 1 aliphatic heterocycles. The molecule has 1 aromatic rings. The Morgan fingerprint density at radius 3 is 2.44 bits per heavy atom. The fourth-order valence-corrected chi connectivity index (χ4v) is 2.46. The normalized spacial score (nSPS) is 16.1. The van der Waals surface area contributed by atoms with Crippen LogP contribution in [0.25, 0.3) is 0 Å². The molecule has 0 aliphatic carbocycles. The topological polar surface area (TPSA) is 37.4 Å². The highest BCUT2D eigenvalue weighted by Gasteiger charge is 2.39. The molecule has 0 radical (unpaired) electrons. The van der Waals surface area contributed by atoms with E-state index >= 15 is 0 Å². The standard InChI is InChI=1S/C13H13Cl2NO2/c1-3-7(2)6-16-11-9(15)5-4-8(14)10(11)12(17)13(16)18/h4-5,7H,3,6H2,1-2H3. The number of fused-ring (bicyclic) bond motifs is 1. The minimum absolute atomic E-state index is 0.234. The number of hydrogen-bond donors (Lipinski definition) is 0. The molecule has 0 saturated heterocycles. The number of Topliss-reactive ketones (excluding diaryl/α,β-unsaturated/α-hetero) is 1. The number of carbonyl (C=O) groups excluding carboxylic acids is 2. The summed E-state index contributed by atoms with van der Waals surface area (Å²) < 4.78 is 0. The summed E-state index contributed by atoms with van der Waals surface area (Å²) in [6, 6.07) is 3.15. The van der Waals surface area contributed by atoms with Gasteiger partial charge in [0.1, 0.15) is 0 Å². The molecular weight excluding hydrogens is 273 g/mol. The van der Waals surface area contributed by atoms with Crippen molar-refractivity contribution in [2.24, 2.45) is 5.92 Å². The van der Waals surface area contributed by atoms with Gasteiger partial charge in [-0.1, -0.05) is 43.5 Å². The molecular formula is C13H13Cl2NO2. The molecule has 2 rings (SSSR count). The number of ketones is 1. The first-order valence-electron chi connectivity index (χ1n) is 5.81. The van der Waals surface area contributed by atoms with Crippen molar-refractivity contribution in [3.63, 3.8) is 0 Å². The summed E-state index contributed by atoms with van der Waals surface area (Å²) in [6.45, 7) is 4.54. The van der Waals surface area contributed by atoms with Crippen molar-refractivity contribution in [2.75, 3.05) is 11.4 Å². The molecule has 1 amide bonds. The Balaban J connectivity index is 2.51. The molecule has 3 nitrogen and oxygen atoms in total. The minimum atomic E-state index is -0.569. The average molecular weight is 286 g/mol. The number of hydrogen-bond acceptors (Lipinski definition) is 2. The number of rotatable bonds is 3. The molecule has 0 saturated carbocycles. The van der Waals surface area contributed by atoms with Gasteiger partial charge in [-0.2, -0.15) is 0 Å². The van der Waals surface area contributed by atoms with Gasteiger partial charge in [-0.15, -0.1) is 0 Å². The zero-order valence-electron chi connectivity index (χ0n) is 10.2. The first kappa shape index (κ1) is 13.4. The van der Waals surface area contributed by atoms with E-state index in [2.05, 4.69) is 0 Å². The van der Waals surface area contributed by atoms with E-state index in [9.17, 15) is 9.59 Å². The Bertz CT molecular complexity index is 528.